The number of aromatic nitrogens is 1. The number of para-hydroxylation sites is 1. The van der Waals surface area contributed by atoms with Crippen LogP contribution in [0.5, 0.6) is 11.5 Å². The number of primary amides is 1. The lowest BCUT2D eigenvalue weighted by molar-refractivity contribution is 0.0998. The van der Waals surface area contributed by atoms with Gasteiger partial charge in [-0.15, -0.1) is 0 Å². The predicted octanol–water partition coefficient (Wildman–Crippen LogP) is 2.03. The van der Waals surface area contributed by atoms with Gasteiger partial charge >= 0.3 is 0 Å². The number of amides is 1. The summed E-state index contributed by atoms with van der Waals surface area (Å²) in [6, 6.07) is 10.0. The molecule has 1 aromatic heterocycles. The van der Waals surface area contributed by atoms with Gasteiger partial charge in [0.2, 0.25) is 0 Å². The Bertz CT molecular complexity index is 579. The molecule has 5 nitrogen and oxygen atoms in total. The number of carbonyl (C=O) groups is 1. The van der Waals surface area contributed by atoms with E-state index in [4.69, 9.17) is 10.5 Å². The maximum atomic E-state index is 11.2. The first-order chi connectivity index (χ1) is 9.08. The lowest BCUT2D eigenvalue weighted by Crippen LogP contribution is -2.12. The van der Waals surface area contributed by atoms with Gasteiger partial charge in [0, 0.05) is 0 Å². The van der Waals surface area contributed by atoms with Crippen LogP contribution in [0.15, 0.2) is 42.6 Å². The highest BCUT2D eigenvalue weighted by atomic mass is 16.5. The molecule has 5 heteroatoms. The lowest BCUT2D eigenvalue weighted by atomic mass is 10.2. The summed E-state index contributed by atoms with van der Waals surface area (Å²) in [5, 5.41) is 9.36. The second kappa shape index (κ2) is 5.49. The number of ether oxygens (including phenoxy) is 1. The van der Waals surface area contributed by atoms with Gasteiger partial charge < -0.3 is 15.6 Å². The molecule has 2 aromatic rings. The number of nitrogens with two attached hydrogens (primary N) is 1. The summed E-state index contributed by atoms with van der Waals surface area (Å²) in [6.07, 6.45) is 0.853. The number of aliphatic hydroxyl groups excluding tert-OH is 1. The first-order valence-electron chi connectivity index (χ1n) is 5.78. The summed E-state index contributed by atoms with van der Waals surface area (Å²) in [7, 11) is 0. The molecule has 0 aliphatic rings. The standard InChI is InChI=1S/C14H14N2O3/c1-9(17)12-7-6-10(8-16-12)19-13-5-3-2-4-11(13)14(15)18/h2-9,17H,1H3,(H2,15,18)/t9-/m0/s1. The molecule has 0 fully saturated rings. The Morgan fingerprint density at radius 2 is 2.05 bits per heavy atom. The van der Waals surface area contributed by atoms with Crippen molar-refractivity contribution in [2.45, 2.75) is 13.0 Å². The number of benzene rings is 1. The van der Waals surface area contributed by atoms with Crippen molar-refractivity contribution in [3.05, 3.63) is 53.9 Å². The highest BCUT2D eigenvalue weighted by Crippen LogP contribution is 2.25. The fourth-order valence-electron chi connectivity index (χ4n) is 1.59. The zero-order chi connectivity index (χ0) is 13.8. The van der Waals surface area contributed by atoms with E-state index in [1.54, 1.807) is 43.3 Å². The first kappa shape index (κ1) is 13.0. The molecule has 0 radical (unpaired) electrons. The number of hydrogen-bond donors (Lipinski definition) is 2. The minimum Gasteiger partial charge on any atom is -0.455 e. The normalized spacial score (nSPS) is 11.9. The third-order valence-electron chi connectivity index (χ3n) is 2.57. The second-order valence-electron chi connectivity index (χ2n) is 4.06. The number of hydrogen-bond acceptors (Lipinski definition) is 4. The molecule has 3 N–H and O–H groups in total. The Labute approximate surface area is 110 Å². The average Bonchev–Trinajstić information content (AvgIpc) is 2.39. The summed E-state index contributed by atoms with van der Waals surface area (Å²) >= 11 is 0. The van der Waals surface area contributed by atoms with E-state index in [1.165, 1.54) is 6.20 Å². The van der Waals surface area contributed by atoms with Gasteiger partial charge in [0.15, 0.2) is 0 Å². The Morgan fingerprint density at radius 3 is 2.63 bits per heavy atom. The summed E-state index contributed by atoms with van der Waals surface area (Å²) in [5.41, 5.74) is 6.12. The summed E-state index contributed by atoms with van der Waals surface area (Å²) in [6.45, 7) is 1.63. The van der Waals surface area contributed by atoms with E-state index >= 15 is 0 Å². The molecule has 2 rings (SSSR count). The van der Waals surface area contributed by atoms with Crippen LogP contribution in [0.3, 0.4) is 0 Å². The molecular weight excluding hydrogens is 244 g/mol. The van der Waals surface area contributed by atoms with Crippen molar-refractivity contribution in [2.24, 2.45) is 5.73 Å². The van der Waals surface area contributed by atoms with Crippen molar-refractivity contribution in [3.8, 4) is 11.5 Å². The minimum absolute atomic E-state index is 0.308. The fraction of sp³-hybridized carbons (Fsp3) is 0.143. The number of pyridine rings is 1. The van der Waals surface area contributed by atoms with Crippen molar-refractivity contribution in [1.82, 2.24) is 4.98 Å². The van der Waals surface area contributed by atoms with E-state index in [1.807, 2.05) is 0 Å². The van der Waals surface area contributed by atoms with Gasteiger partial charge in [-0.2, -0.15) is 0 Å². The van der Waals surface area contributed by atoms with Gasteiger partial charge in [-0.3, -0.25) is 9.78 Å². The minimum atomic E-state index is -0.632. The number of carbonyl (C=O) groups excluding carboxylic acids is 1. The molecule has 98 valence electrons. The van der Waals surface area contributed by atoms with E-state index < -0.39 is 12.0 Å². The molecule has 0 unspecified atom stereocenters. The Hall–Kier alpha value is -2.40. The molecule has 0 spiro atoms. The maximum absolute atomic E-state index is 11.2. The third-order valence-corrected chi connectivity index (χ3v) is 2.57. The van der Waals surface area contributed by atoms with Crippen LogP contribution in [0, 0.1) is 0 Å². The number of rotatable bonds is 4. The molecular formula is C14H14N2O3. The van der Waals surface area contributed by atoms with Crippen LogP contribution in [0.4, 0.5) is 0 Å². The summed E-state index contributed by atoms with van der Waals surface area (Å²) in [5.74, 6) is 0.295. The van der Waals surface area contributed by atoms with Crippen LogP contribution >= 0.6 is 0 Å². The van der Waals surface area contributed by atoms with E-state index in [0.717, 1.165) is 0 Å². The third kappa shape index (κ3) is 3.08. The van der Waals surface area contributed by atoms with Crippen LogP contribution in [0.25, 0.3) is 0 Å². The summed E-state index contributed by atoms with van der Waals surface area (Å²) < 4.78 is 5.56. The van der Waals surface area contributed by atoms with Crippen molar-refractivity contribution in [3.63, 3.8) is 0 Å². The highest BCUT2D eigenvalue weighted by molar-refractivity contribution is 5.95. The zero-order valence-corrected chi connectivity index (χ0v) is 10.4. The van der Waals surface area contributed by atoms with E-state index in [0.29, 0.717) is 22.8 Å². The Morgan fingerprint density at radius 1 is 1.32 bits per heavy atom. The maximum Gasteiger partial charge on any atom is 0.252 e. The van der Waals surface area contributed by atoms with Gasteiger partial charge in [0.1, 0.15) is 11.5 Å². The molecule has 0 saturated heterocycles. The monoisotopic (exact) mass is 258 g/mol. The molecule has 0 aliphatic heterocycles. The van der Waals surface area contributed by atoms with Gasteiger partial charge in [0.05, 0.1) is 23.6 Å². The largest absolute Gasteiger partial charge is 0.455 e. The van der Waals surface area contributed by atoms with Crippen LogP contribution in [-0.4, -0.2) is 16.0 Å². The summed E-state index contributed by atoms with van der Waals surface area (Å²) in [4.78, 5) is 15.3. The van der Waals surface area contributed by atoms with Crippen LogP contribution < -0.4 is 10.5 Å². The number of aliphatic hydroxyl groups is 1. The molecule has 1 heterocycles. The van der Waals surface area contributed by atoms with Gasteiger partial charge in [-0.1, -0.05) is 12.1 Å². The average molecular weight is 258 g/mol. The smallest absolute Gasteiger partial charge is 0.252 e. The molecule has 1 atom stereocenters. The van der Waals surface area contributed by atoms with Crippen molar-refractivity contribution < 1.29 is 14.6 Å². The molecule has 0 saturated carbocycles. The van der Waals surface area contributed by atoms with E-state index in [2.05, 4.69) is 4.98 Å². The fourth-order valence-corrected chi connectivity index (χ4v) is 1.59. The molecule has 0 aliphatic carbocycles. The predicted molar refractivity (Wildman–Crippen MR) is 69.9 cm³/mol. The van der Waals surface area contributed by atoms with E-state index in [9.17, 15) is 9.90 Å². The highest BCUT2D eigenvalue weighted by Gasteiger charge is 2.09. The topological polar surface area (TPSA) is 85.4 Å². The van der Waals surface area contributed by atoms with Crippen LogP contribution in [-0.2, 0) is 0 Å². The Kier molecular flexibility index (Phi) is 3.77. The van der Waals surface area contributed by atoms with Crippen molar-refractivity contribution >= 4 is 5.91 Å². The van der Waals surface area contributed by atoms with Gasteiger partial charge in [0.25, 0.3) is 5.91 Å². The quantitative estimate of drug-likeness (QED) is 0.878. The Balaban J connectivity index is 2.24. The molecule has 19 heavy (non-hydrogen) atoms. The zero-order valence-electron chi connectivity index (χ0n) is 10.4. The first-order valence-corrected chi connectivity index (χ1v) is 5.78. The SMILES string of the molecule is C[C@H](O)c1ccc(Oc2ccccc2C(N)=O)cn1. The lowest BCUT2D eigenvalue weighted by Gasteiger charge is -2.09. The van der Waals surface area contributed by atoms with Crippen molar-refractivity contribution in [2.75, 3.05) is 0 Å². The van der Waals surface area contributed by atoms with Crippen molar-refractivity contribution in [1.29, 1.82) is 0 Å². The second-order valence-corrected chi connectivity index (χ2v) is 4.06. The van der Waals surface area contributed by atoms with Gasteiger partial charge in [-0.05, 0) is 31.2 Å². The molecule has 1 amide bonds. The van der Waals surface area contributed by atoms with Crippen LogP contribution in [0.2, 0.25) is 0 Å². The van der Waals surface area contributed by atoms with Crippen LogP contribution in [0.1, 0.15) is 29.1 Å². The molecule has 0 bridgehead atoms. The van der Waals surface area contributed by atoms with Gasteiger partial charge in [-0.25, -0.2) is 0 Å². The molecule has 1 aromatic carbocycles. The number of nitrogens with zero attached hydrogens (tertiary/aromatic N) is 1. The van der Waals surface area contributed by atoms with E-state index in [-0.39, 0.29) is 0 Å².